The Balaban J connectivity index is 5.01. The fourth-order valence-electron chi connectivity index (χ4n) is 0.891. The van der Waals surface area contributed by atoms with E-state index < -0.39 is 16.6 Å². The third-order valence-electron chi connectivity index (χ3n) is 4.62. The molecule has 0 saturated carbocycles. The van der Waals surface area contributed by atoms with Crippen molar-refractivity contribution >= 4 is 16.6 Å². The summed E-state index contributed by atoms with van der Waals surface area (Å²) in [6.45, 7) is 22.1. The highest BCUT2D eigenvalue weighted by Crippen LogP contribution is 2.39. The smallest absolute Gasteiger partial charge is 0.299 e. The molecule has 120 valence electrons. The zero-order chi connectivity index (χ0) is 16.4. The van der Waals surface area contributed by atoms with Crippen LogP contribution in [0.15, 0.2) is 12.2 Å². The highest BCUT2D eigenvalue weighted by Gasteiger charge is 2.41. The minimum absolute atomic E-state index is 0.140. The molecule has 5 heteroatoms. The Morgan fingerprint density at radius 3 is 1.50 bits per heavy atom. The van der Waals surface area contributed by atoms with Crippen molar-refractivity contribution in [3.05, 3.63) is 12.2 Å². The van der Waals surface area contributed by atoms with Gasteiger partial charge >= 0.3 is 0 Å². The molecule has 0 atom stereocenters. The van der Waals surface area contributed by atoms with E-state index in [1.54, 1.807) is 13.4 Å². The van der Waals surface area contributed by atoms with Crippen LogP contribution >= 0.6 is 0 Å². The lowest BCUT2D eigenvalue weighted by molar-refractivity contribution is 0.128. The number of methoxy groups -OCH3 is 1. The van der Waals surface area contributed by atoms with Crippen LogP contribution < -0.4 is 0 Å². The van der Waals surface area contributed by atoms with Gasteiger partial charge < -0.3 is 13.6 Å². The lowest BCUT2D eigenvalue weighted by Gasteiger charge is -2.37. The van der Waals surface area contributed by atoms with Crippen LogP contribution in [-0.4, -0.2) is 23.7 Å². The molecule has 0 aromatic heterocycles. The van der Waals surface area contributed by atoms with Crippen LogP contribution in [0.3, 0.4) is 0 Å². The normalized spacial score (nSPS) is 15.1. The number of hydrogen-bond donors (Lipinski definition) is 0. The fraction of sp³-hybridized carbons (Fsp3) is 0.867. The van der Waals surface area contributed by atoms with Gasteiger partial charge in [0.25, 0.3) is 14.3 Å². The molecule has 0 spiro atoms. The summed E-state index contributed by atoms with van der Waals surface area (Å²) in [5.74, 6) is 0.501. The van der Waals surface area contributed by atoms with Crippen LogP contribution in [0.2, 0.25) is 36.3 Å². The number of hydrogen-bond acceptors (Lipinski definition) is 3. The first-order valence-corrected chi connectivity index (χ1v) is 13.1. The van der Waals surface area contributed by atoms with Gasteiger partial charge in [-0.1, -0.05) is 41.5 Å². The van der Waals surface area contributed by atoms with E-state index in [2.05, 4.69) is 67.7 Å². The van der Waals surface area contributed by atoms with Gasteiger partial charge in [-0.2, -0.15) is 0 Å². The number of ether oxygens (including phenoxy) is 1. The zero-order valence-electron chi connectivity index (χ0n) is 15.3. The topological polar surface area (TPSA) is 27.7 Å². The average molecular weight is 319 g/mol. The Morgan fingerprint density at radius 2 is 1.20 bits per heavy atom. The summed E-state index contributed by atoms with van der Waals surface area (Å²) < 4.78 is 17.5. The largest absolute Gasteiger partial charge is 0.544 e. The Bertz CT molecular complexity index is 347. The first-order chi connectivity index (χ1) is 8.64. The van der Waals surface area contributed by atoms with Crippen LogP contribution in [0.4, 0.5) is 0 Å². The van der Waals surface area contributed by atoms with E-state index in [0.29, 0.717) is 5.95 Å². The van der Waals surface area contributed by atoms with Crippen molar-refractivity contribution in [2.45, 2.75) is 77.8 Å². The molecule has 0 aliphatic rings. The van der Waals surface area contributed by atoms with E-state index >= 15 is 0 Å². The van der Waals surface area contributed by atoms with Gasteiger partial charge in [0.2, 0.25) is 8.32 Å². The standard InChI is InChI=1S/C15H34O3Si2/c1-14(2,3)19(8,9)17-12-13(16-7)18-20(10,11)15(4,5)6/h12H,1-11H3/b13-12+. The van der Waals surface area contributed by atoms with Crippen LogP contribution in [0.1, 0.15) is 41.5 Å². The summed E-state index contributed by atoms with van der Waals surface area (Å²) in [6.07, 6.45) is 1.68. The first-order valence-electron chi connectivity index (χ1n) is 7.25. The molecule has 0 saturated heterocycles. The third kappa shape index (κ3) is 5.16. The molecule has 0 fully saturated rings. The van der Waals surface area contributed by atoms with E-state index in [4.69, 9.17) is 13.6 Å². The third-order valence-corrected chi connectivity index (χ3v) is 13.3. The summed E-state index contributed by atoms with van der Waals surface area (Å²) >= 11 is 0. The van der Waals surface area contributed by atoms with E-state index in [9.17, 15) is 0 Å². The van der Waals surface area contributed by atoms with Gasteiger partial charge in [0.15, 0.2) is 0 Å². The molecule has 0 aromatic carbocycles. The van der Waals surface area contributed by atoms with Gasteiger partial charge in [-0.25, -0.2) is 0 Å². The molecule has 0 aliphatic heterocycles. The summed E-state index contributed by atoms with van der Waals surface area (Å²) in [4.78, 5) is 0. The molecule has 0 unspecified atom stereocenters. The SMILES string of the molecule is CO/C(=C\O[Si](C)(C)C(C)(C)C)O[Si](C)(C)C(C)(C)C. The minimum atomic E-state index is -1.89. The Kier molecular flexibility index (Phi) is 6.01. The molecule has 0 rings (SSSR count). The molecule has 0 aliphatic carbocycles. The van der Waals surface area contributed by atoms with Crippen LogP contribution in [0.5, 0.6) is 0 Å². The van der Waals surface area contributed by atoms with Crippen LogP contribution in [-0.2, 0) is 13.6 Å². The Labute approximate surface area is 128 Å². The highest BCUT2D eigenvalue weighted by molar-refractivity contribution is 6.74. The molecule has 0 heterocycles. The molecule has 0 aromatic rings. The predicted molar refractivity (Wildman–Crippen MR) is 91.7 cm³/mol. The number of rotatable bonds is 5. The van der Waals surface area contributed by atoms with Crippen LogP contribution in [0.25, 0.3) is 0 Å². The molecular weight excluding hydrogens is 284 g/mol. The van der Waals surface area contributed by atoms with Gasteiger partial charge in [0, 0.05) is 0 Å². The van der Waals surface area contributed by atoms with Crippen molar-refractivity contribution in [1.29, 1.82) is 0 Å². The lowest BCUT2D eigenvalue weighted by atomic mass is 10.2. The van der Waals surface area contributed by atoms with E-state index in [1.165, 1.54) is 0 Å². The van der Waals surface area contributed by atoms with Crippen molar-refractivity contribution in [3.8, 4) is 0 Å². The second-order valence-corrected chi connectivity index (χ2v) is 17.9. The maximum atomic E-state index is 6.13. The molecule has 20 heavy (non-hydrogen) atoms. The van der Waals surface area contributed by atoms with Crippen molar-refractivity contribution < 1.29 is 13.6 Å². The summed E-state index contributed by atoms with van der Waals surface area (Å²) in [6, 6.07) is 0. The zero-order valence-corrected chi connectivity index (χ0v) is 17.3. The Morgan fingerprint density at radius 1 is 0.800 bits per heavy atom. The molecule has 0 amide bonds. The van der Waals surface area contributed by atoms with Gasteiger partial charge in [-0.3, -0.25) is 0 Å². The quantitative estimate of drug-likeness (QED) is 0.496. The monoisotopic (exact) mass is 318 g/mol. The predicted octanol–water partition coefficient (Wildman–Crippen LogP) is 5.48. The average Bonchev–Trinajstić information content (AvgIpc) is 2.20. The van der Waals surface area contributed by atoms with E-state index in [0.717, 1.165) is 0 Å². The molecule has 0 bridgehead atoms. The van der Waals surface area contributed by atoms with Crippen molar-refractivity contribution in [2.24, 2.45) is 0 Å². The minimum Gasteiger partial charge on any atom is -0.544 e. The molecule has 0 N–H and O–H groups in total. The van der Waals surface area contributed by atoms with E-state index in [1.807, 2.05) is 0 Å². The van der Waals surface area contributed by atoms with E-state index in [-0.39, 0.29) is 10.1 Å². The summed E-state index contributed by atoms with van der Waals surface area (Å²) in [7, 11) is -2.08. The molecule has 0 radical (unpaired) electrons. The fourth-order valence-corrected chi connectivity index (χ4v) is 2.58. The lowest BCUT2D eigenvalue weighted by Crippen LogP contribution is -2.41. The van der Waals surface area contributed by atoms with Crippen molar-refractivity contribution in [3.63, 3.8) is 0 Å². The molecule has 3 nitrogen and oxygen atoms in total. The summed E-state index contributed by atoms with van der Waals surface area (Å²) in [5.41, 5.74) is 0. The summed E-state index contributed by atoms with van der Waals surface area (Å²) in [5, 5.41) is 0.306. The Hall–Kier alpha value is -0.426. The maximum Gasteiger partial charge on any atom is 0.299 e. The molecular formula is C15H34O3Si2. The van der Waals surface area contributed by atoms with Crippen molar-refractivity contribution in [1.82, 2.24) is 0 Å². The highest BCUT2D eigenvalue weighted by atomic mass is 28.4. The van der Waals surface area contributed by atoms with Gasteiger partial charge in [-0.05, 0) is 36.3 Å². The van der Waals surface area contributed by atoms with Crippen LogP contribution in [0, 0.1) is 0 Å². The second-order valence-electron chi connectivity index (χ2n) is 8.38. The first kappa shape index (κ1) is 19.6. The second kappa shape index (κ2) is 6.14. The van der Waals surface area contributed by atoms with Gasteiger partial charge in [0.1, 0.15) is 6.26 Å². The van der Waals surface area contributed by atoms with Gasteiger partial charge in [-0.15, -0.1) is 0 Å². The van der Waals surface area contributed by atoms with Crippen molar-refractivity contribution in [2.75, 3.05) is 7.11 Å². The maximum absolute atomic E-state index is 6.13. The van der Waals surface area contributed by atoms with Gasteiger partial charge in [0.05, 0.1) is 7.11 Å².